The molecule has 0 saturated carbocycles. The van der Waals surface area contributed by atoms with E-state index in [2.05, 4.69) is 155 Å². The second-order valence-corrected chi connectivity index (χ2v) is 12.3. The van der Waals surface area contributed by atoms with Crippen LogP contribution in [0.4, 0.5) is 5.69 Å². The minimum atomic E-state index is -0.877. The summed E-state index contributed by atoms with van der Waals surface area (Å²) in [4.78, 5) is 0. The number of rotatable bonds is 6. The molecule has 1 nitrogen and oxygen atoms in total. The summed E-state index contributed by atoms with van der Waals surface area (Å²) in [6, 6.07) is 48.6. The summed E-state index contributed by atoms with van der Waals surface area (Å²) in [5, 5.41) is 4.31. The average Bonchev–Trinajstić information content (AvgIpc) is 3.28. The molecule has 1 aliphatic rings. The Morgan fingerprint density at radius 2 is 1.15 bits per heavy atom. The SMILES string of the molecule is CCC1(CC)c2c[c-]ccc2-c2ccc(N=P)cc21.[Au+].c1ccc([PH+](c2ccccc2)c2ccccc2)cc1. The van der Waals surface area contributed by atoms with Gasteiger partial charge in [-0.25, -0.2) is 4.74 Å². The molecule has 1 aliphatic carbocycles. The fraction of sp³-hybridized carbons (Fsp3) is 0.143. The van der Waals surface area contributed by atoms with Crippen molar-refractivity contribution in [2.75, 3.05) is 0 Å². The second-order valence-electron chi connectivity index (χ2n) is 9.58. The Bertz CT molecular complexity index is 1410. The Morgan fingerprint density at radius 1 is 0.667 bits per heavy atom. The Morgan fingerprint density at radius 3 is 1.62 bits per heavy atom. The molecule has 0 N–H and O–H groups in total. The van der Waals surface area contributed by atoms with Crippen LogP contribution >= 0.6 is 17.0 Å². The van der Waals surface area contributed by atoms with E-state index in [0.29, 0.717) is 0 Å². The molecule has 0 atom stereocenters. The predicted molar refractivity (Wildman–Crippen MR) is 169 cm³/mol. The van der Waals surface area contributed by atoms with Gasteiger partial charge in [-0.1, -0.05) is 87.4 Å². The first-order valence-corrected chi connectivity index (χ1v) is 15.2. The van der Waals surface area contributed by atoms with Crippen molar-refractivity contribution in [3.05, 3.63) is 145 Å². The molecule has 0 bridgehead atoms. The summed E-state index contributed by atoms with van der Waals surface area (Å²) in [6.07, 6.45) is 2.21. The number of hydrogen-bond acceptors (Lipinski definition) is 1. The first-order chi connectivity index (χ1) is 18.7. The van der Waals surface area contributed by atoms with E-state index in [0.717, 1.165) is 18.5 Å². The molecule has 5 aromatic carbocycles. The van der Waals surface area contributed by atoms with E-state index in [9.17, 15) is 0 Å². The Balaban J connectivity index is 0.000000176. The zero-order chi connectivity index (χ0) is 26.4. The van der Waals surface area contributed by atoms with Crippen molar-refractivity contribution in [3.63, 3.8) is 0 Å². The summed E-state index contributed by atoms with van der Waals surface area (Å²) in [7, 11) is 2.37. The van der Waals surface area contributed by atoms with Crippen LogP contribution in [-0.4, -0.2) is 0 Å². The normalized spacial score (nSPS) is 12.4. The van der Waals surface area contributed by atoms with Crippen molar-refractivity contribution in [2.24, 2.45) is 4.74 Å². The van der Waals surface area contributed by atoms with Crippen LogP contribution in [0.3, 0.4) is 0 Å². The van der Waals surface area contributed by atoms with Crippen molar-refractivity contribution in [2.45, 2.75) is 32.1 Å². The van der Waals surface area contributed by atoms with Crippen molar-refractivity contribution >= 4 is 38.6 Å². The second kappa shape index (κ2) is 13.6. The summed E-state index contributed by atoms with van der Waals surface area (Å²) < 4.78 is 4.14. The molecule has 5 aromatic rings. The minimum absolute atomic E-state index is 0. The summed E-state index contributed by atoms with van der Waals surface area (Å²) in [5.74, 6) is 0. The van der Waals surface area contributed by atoms with Crippen LogP contribution in [0.15, 0.2) is 132 Å². The Hall–Kier alpha value is -2.63. The van der Waals surface area contributed by atoms with Crippen LogP contribution in [0.5, 0.6) is 0 Å². The van der Waals surface area contributed by atoms with E-state index < -0.39 is 7.92 Å². The van der Waals surface area contributed by atoms with Gasteiger partial charge in [-0.05, 0) is 74.1 Å². The first-order valence-electron chi connectivity index (χ1n) is 13.3. The zero-order valence-electron chi connectivity index (χ0n) is 22.3. The summed E-state index contributed by atoms with van der Waals surface area (Å²) >= 11 is 0. The molecule has 0 fully saturated rings. The van der Waals surface area contributed by atoms with E-state index >= 15 is 0 Å². The van der Waals surface area contributed by atoms with Crippen molar-refractivity contribution < 1.29 is 22.4 Å². The molecular formula is C35H33AuNP2+. The molecule has 0 radical (unpaired) electrons. The maximum atomic E-state index is 4.14. The largest absolute Gasteiger partial charge is 1.00 e. The third kappa shape index (κ3) is 5.95. The van der Waals surface area contributed by atoms with Gasteiger partial charge in [0.1, 0.15) is 15.9 Å². The minimum Gasteiger partial charge on any atom is -0.236 e. The molecule has 4 heteroatoms. The van der Waals surface area contributed by atoms with E-state index in [4.69, 9.17) is 0 Å². The van der Waals surface area contributed by atoms with Crippen molar-refractivity contribution in [1.29, 1.82) is 0 Å². The van der Waals surface area contributed by atoms with Gasteiger partial charge in [0.05, 0.1) is 13.6 Å². The fourth-order valence-electron chi connectivity index (χ4n) is 5.77. The maximum Gasteiger partial charge on any atom is 1.00 e. The molecule has 6 rings (SSSR count). The molecule has 0 amide bonds. The number of fused-ring (bicyclic) bond motifs is 3. The fourth-order valence-corrected chi connectivity index (χ4v) is 8.48. The van der Waals surface area contributed by atoms with E-state index in [-0.39, 0.29) is 27.8 Å². The quantitative estimate of drug-likeness (QED) is 0.0944. The van der Waals surface area contributed by atoms with Gasteiger partial charge in [0.2, 0.25) is 0 Å². The number of benzene rings is 5. The molecule has 198 valence electrons. The smallest absolute Gasteiger partial charge is 0.236 e. The Labute approximate surface area is 252 Å². The van der Waals surface area contributed by atoms with Gasteiger partial charge in [0.25, 0.3) is 0 Å². The molecular weight excluding hydrogens is 693 g/mol. The average molecular weight is 727 g/mol. The van der Waals surface area contributed by atoms with Gasteiger partial charge in [-0.3, -0.25) is 0 Å². The van der Waals surface area contributed by atoms with E-state index in [1.807, 2.05) is 6.07 Å². The van der Waals surface area contributed by atoms with Crippen LogP contribution in [0, 0.1) is 6.07 Å². The van der Waals surface area contributed by atoms with Crippen LogP contribution in [0.2, 0.25) is 0 Å². The summed E-state index contributed by atoms with van der Waals surface area (Å²) in [6.45, 7) is 4.54. The topological polar surface area (TPSA) is 12.4 Å². The number of nitrogens with zero attached hydrogens (tertiary/aromatic N) is 1. The van der Waals surface area contributed by atoms with Gasteiger partial charge < -0.3 is 0 Å². The zero-order valence-corrected chi connectivity index (χ0v) is 26.5. The molecule has 0 aromatic heterocycles. The third-order valence-electron chi connectivity index (χ3n) is 7.71. The third-order valence-corrected chi connectivity index (χ3v) is 10.7. The van der Waals surface area contributed by atoms with Crippen LogP contribution in [0.25, 0.3) is 11.1 Å². The van der Waals surface area contributed by atoms with Gasteiger partial charge in [0.15, 0.2) is 0 Å². The maximum absolute atomic E-state index is 4.14. The number of hydrogen-bond donors (Lipinski definition) is 0. The molecule has 0 unspecified atom stereocenters. The predicted octanol–water partition coefficient (Wildman–Crippen LogP) is 8.71. The van der Waals surface area contributed by atoms with Gasteiger partial charge in [-0.15, -0.1) is 11.1 Å². The molecule has 39 heavy (non-hydrogen) atoms. The standard InChI is InChI=1S/C18H15P.C17H17NP.Au/c1-4-10-16(11-5-1)19(17-12-6-2-7-13-17)18-14-8-3-9-15-18;1-3-17(4-2)15-8-6-5-7-13(15)14-10-9-12(18-19)11-16(14)17;/h1-15H;5,7-11,19H,3-4H2,1-2H3;/q;-1;+1/p+1. The first kappa shape index (κ1) is 29.4. The van der Waals surface area contributed by atoms with Crippen molar-refractivity contribution in [1.82, 2.24) is 0 Å². The van der Waals surface area contributed by atoms with Gasteiger partial charge >= 0.3 is 22.4 Å². The molecule has 0 heterocycles. The van der Waals surface area contributed by atoms with Crippen LogP contribution < -0.4 is 15.9 Å². The van der Waals surface area contributed by atoms with Gasteiger partial charge in [0, 0.05) is 0 Å². The molecule has 0 saturated heterocycles. The van der Waals surface area contributed by atoms with Crippen LogP contribution in [0.1, 0.15) is 37.8 Å². The van der Waals surface area contributed by atoms with Crippen molar-refractivity contribution in [3.8, 4) is 11.1 Å². The molecule has 0 spiro atoms. The van der Waals surface area contributed by atoms with Gasteiger partial charge in [-0.2, -0.15) is 24.3 Å². The summed E-state index contributed by atoms with van der Waals surface area (Å²) in [5.41, 5.74) is 6.64. The van der Waals surface area contributed by atoms with E-state index in [1.54, 1.807) is 0 Å². The van der Waals surface area contributed by atoms with Crippen LogP contribution in [-0.2, 0) is 27.8 Å². The monoisotopic (exact) mass is 726 g/mol. The molecule has 0 aliphatic heterocycles. The van der Waals surface area contributed by atoms with E-state index in [1.165, 1.54) is 38.2 Å². The Kier molecular flexibility index (Phi) is 10.3.